The molecule has 1 heterocycles. The number of halogens is 1. The lowest BCUT2D eigenvalue weighted by atomic mass is 10.1. The second-order valence-corrected chi connectivity index (χ2v) is 8.18. The number of carbonyl (C=O) groups is 2. The van der Waals surface area contributed by atoms with Crippen molar-refractivity contribution in [1.82, 2.24) is 9.88 Å². The van der Waals surface area contributed by atoms with Crippen LogP contribution in [-0.4, -0.2) is 56.1 Å². The highest BCUT2D eigenvalue weighted by Gasteiger charge is 2.22. The highest BCUT2D eigenvalue weighted by atomic mass is 35.5. The Balaban J connectivity index is 1.92. The summed E-state index contributed by atoms with van der Waals surface area (Å²) in [7, 11) is 5.32. The van der Waals surface area contributed by atoms with Gasteiger partial charge >= 0.3 is 5.97 Å². The Kier molecular flexibility index (Phi) is 6.84. The number of ether oxygens (including phenoxy) is 1. The molecule has 0 unspecified atom stereocenters. The van der Waals surface area contributed by atoms with Crippen molar-refractivity contribution >= 4 is 50.2 Å². The van der Waals surface area contributed by atoms with Gasteiger partial charge < -0.3 is 9.64 Å². The van der Waals surface area contributed by atoms with Crippen molar-refractivity contribution in [2.75, 3.05) is 39.2 Å². The van der Waals surface area contributed by atoms with Crippen molar-refractivity contribution in [3.05, 3.63) is 58.6 Å². The first-order valence-electron chi connectivity index (χ1n) is 9.10. The third-order valence-electron chi connectivity index (χ3n) is 4.37. The number of nitrogens with zero attached hydrogens (tertiary/aromatic N) is 3. The molecule has 0 fully saturated rings. The Labute approximate surface area is 178 Å². The van der Waals surface area contributed by atoms with E-state index in [1.807, 2.05) is 26.2 Å². The van der Waals surface area contributed by atoms with Gasteiger partial charge in [-0.25, -0.2) is 9.78 Å². The number of amides is 1. The largest absolute Gasteiger partial charge is 0.465 e. The van der Waals surface area contributed by atoms with E-state index in [1.54, 1.807) is 35.2 Å². The fourth-order valence-corrected chi connectivity index (χ4v) is 4.16. The lowest BCUT2D eigenvalue weighted by molar-refractivity contribution is 0.0600. The predicted molar refractivity (Wildman–Crippen MR) is 117 cm³/mol. The number of para-hydroxylation sites is 1. The van der Waals surface area contributed by atoms with Crippen molar-refractivity contribution in [3.63, 3.8) is 0 Å². The Morgan fingerprint density at radius 3 is 2.38 bits per heavy atom. The summed E-state index contributed by atoms with van der Waals surface area (Å²) < 4.78 is 5.64. The number of hydrogen-bond donors (Lipinski definition) is 0. The van der Waals surface area contributed by atoms with Crippen LogP contribution >= 0.6 is 22.9 Å². The summed E-state index contributed by atoms with van der Waals surface area (Å²) in [6.45, 7) is 1.36. The zero-order chi connectivity index (χ0) is 21.0. The van der Waals surface area contributed by atoms with Gasteiger partial charge in [-0.15, -0.1) is 0 Å². The maximum atomic E-state index is 13.3. The zero-order valence-electron chi connectivity index (χ0n) is 16.5. The van der Waals surface area contributed by atoms with Crippen LogP contribution in [0.4, 0.5) is 5.13 Å². The molecule has 3 rings (SSSR count). The molecule has 1 aromatic heterocycles. The van der Waals surface area contributed by atoms with Gasteiger partial charge in [-0.2, -0.15) is 0 Å². The number of hydrogen-bond acceptors (Lipinski definition) is 6. The van der Waals surface area contributed by atoms with Gasteiger partial charge in [0, 0.05) is 12.1 Å². The standard InChI is InChI=1S/C21H22ClN3O3S/c1-24(2)12-5-13-25(21-23-18-16(22)6-4-7-17(18)29-21)19(26)14-8-10-15(11-9-14)20(27)28-3/h4,6-11H,5,12-13H2,1-3H3. The monoisotopic (exact) mass is 431 g/mol. The van der Waals surface area contributed by atoms with Gasteiger partial charge in [-0.3, -0.25) is 9.69 Å². The molecule has 0 bridgehead atoms. The summed E-state index contributed by atoms with van der Waals surface area (Å²) in [5, 5.41) is 1.17. The van der Waals surface area contributed by atoms with Gasteiger partial charge in [0.15, 0.2) is 5.13 Å². The van der Waals surface area contributed by atoms with E-state index in [0.717, 1.165) is 17.7 Å². The van der Waals surface area contributed by atoms with Gasteiger partial charge in [-0.1, -0.05) is 29.0 Å². The number of benzene rings is 2. The van der Waals surface area contributed by atoms with Crippen molar-refractivity contribution in [1.29, 1.82) is 0 Å². The van der Waals surface area contributed by atoms with E-state index >= 15 is 0 Å². The molecule has 6 nitrogen and oxygen atoms in total. The van der Waals surface area contributed by atoms with E-state index in [4.69, 9.17) is 16.3 Å². The predicted octanol–water partition coefficient (Wildman–Crippen LogP) is 4.33. The van der Waals surface area contributed by atoms with E-state index in [0.29, 0.717) is 33.3 Å². The SMILES string of the molecule is COC(=O)c1ccc(C(=O)N(CCCN(C)C)c2nc3c(Cl)cccc3s2)cc1. The number of thiazole rings is 1. The molecule has 0 atom stereocenters. The second kappa shape index (κ2) is 9.35. The lowest BCUT2D eigenvalue weighted by Gasteiger charge is -2.21. The van der Waals surface area contributed by atoms with Gasteiger partial charge in [0.05, 0.1) is 22.4 Å². The molecule has 8 heteroatoms. The molecule has 0 saturated carbocycles. The molecule has 2 aromatic carbocycles. The number of anilines is 1. The van der Waals surface area contributed by atoms with Crippen LogP contribution in [0.2, 0.25) is 5.02 Å². The smallest absolute Gasteiger partial charge is 0.337 e. The van der Waals surface area contributed by atoms with E-state index in [2.05, 4.69) is 9.88 Å². The number of rotatable bonds is 7. The lowest BCUT2D eigenvalue weighted by Crippen LogP contribution is -2.33. The molecule has 0 saturated heterocycles. The molecule has 0 radical (unpaired) electrons. The van der Waals surface area contributed by atoms with Gasteiger partial charge in [0.2, 0.25) is 0 Å². The van der Waals surface area contributed by atoms with E-state index in [9.17, 15) is 9.59 Å². The molecule has 0 aliphatic carbocycles. The molecule has 1 amide bonds. The van der Waals surface area contributed by atoms with Crippen LogP contribution < -0.4 is 4.90 Å². The molecule has 0 spiro atoms. The average molecular weight is 432 g/mol. The summed E-state index contributed by atoms with van der Waals surface area (Å²) in [5.74, 6) is -0.608. The van der Waals surface area contributed by atoms with Gasteiger partial charge in [0.1, 0.15) is 5.52 Å². The minimum Gasteiger partial charge on any atom is -0.465 e. The Bertz CT molecular complexity index is 1020. The van der Waals surface area contributed by atoms with Crippen LogP contribution in [0.25, 0.3) is 10.2 Å². The van der Waals surface area contributed by atoms with E-state index < -0.39 is 5.97 Å². The number of carbonyl (C=O) groups excluding carboxylic acids is 2. The number of aromatic nitrogens is 1. The van der Waals surface area contributed by atoms with E-state index in [-0.39, 0.29) is 5.91 Å². The highest BCUT2D eigenvalue weighted by Crippen LogP contribution is 2.33. The quantitative estimate of drug-likeness (QED) is 0.521. The van der Waals surface area contributed by atoms with Crippen LogP contribution in [0.3, 0.4) is 0 Å². The van der Waals surface area contributed by atoms with Crippen LogP contribution in [-0.2, 0) is 4.74 Å². The van der Waals surface area contributed by atoms with Crippen molar-refractivity contribution in [2.45, 2.75) is 6.42 Å². The van der Waals surface area contributed by atoms with Crippen LogP contribution in [0.15, 0.2) is 42.5 Å². The Hall–Kier alpha value is -2.48. The first kappa shape index (κ1) is 21.2. The summed E-state index contributed by atoms with van der Waals surface area (Å²) in [6, 6.07) is 12.0. The first-order chi connectivity index (χ1) is 13.9. The molecule has 0 aliphatic rings. The third kappa shape index (κ3) is 4.93. The van der Waals surface area contributed by atoms with E-state index in [1.165, 1.54) is 18.4 Å². The molecule has 3 aromatic rings. The third-order valence-corrected chi connectivity index (χ3v) is 5.72. The van der Waals surface area contributed by atoms with Crippen molar-refractivity contribution in [2.24, 2.45) is 0 Å². The summed E-state index contributed by atoms with van der Waals surface area (Å²) in [5.41, 5.74) is 1.57. The second-order valence-electron chi connectivity index (χ2n) is 6.77. The van der Waals surface area contributed by atoms with Gasteiger partial charge in [0.25, 0.3) is 5.91 Å². The fourth-order valence-electron chi connectivity index (χ4n) is 2.87. The molecular formula is C21H22ClN3O3S. The molecular weight excluding hydrogens is 410 g/mol. The van der Waals surface area contributed by atoms with Crippen LogP contribution in [0.1, 0.15) is 27.1 Å². The van der Waals surface area contributed by atoms with Crippen molar-refractivity contribution < 1.29 is 14.3 Å². The summed E-state index contributed by atoms with van der Waals surface area (Å²) >= 11 is 7.70. The minimum absolute atomic E-state index is 0.171. The summed E-state index contributed by atoms with van der Waals surface area (Å²) in [4.78, 5) is 33.3. The maximum absolute atomic E-state index is 13.3. The molecule has 0 N–H and O–H groups in total. The number of fused-ring (bicyclic) bond motifs is 1. The highest BCUT2D eigenvalue weighted by molar-refractivity contribution is 7.22. The maximum Gasteiger partial charge on any atom is 0.337 e. The molecule has 152 valence electrons. The normalized spacial score (nSPS) is 11.1. The molecule has 0 aliphatic heterocycles. The average Bonchev–Trinajstić information content (AvgIpc) is 3.15. The first-order valence-corrected chi connectivity index (χ1v) is 10.3. The Morgan fingerprint density at radius 2 is 1.76 bits per heavy atom. The molecule has 29 heavy (non-hydrogen) atoms. The fraction of sp³-hybridized carbons (Fsp3) is 0.286. The zero-order valence-corrected chi connectivity index (χ0v) is 18.1. The topological polar surface area (TPSA) is 62.7 Å². The number of methoxy groups -OCH3 is 1. The van der Waals surface area contributed by atoms with Crippen LogP contribution in [0, 0.1) is 0 Å². The Morgan fingerprint density at radius 1 is 1.07 bits per heavy atom. The number of esters is 1. The van der Waals surface area contributed by atoms with Crippen LogP contribution in [0.5, 0.6) is 0 Å². The van der Waals surface area contributed by atoms with Crippen molar-refractivity contribution in [3.8, 4) is 0 Å². The van der Waals surface area contributed by atoms with Gasteiger partial charge in [-0.05, 0) is 63.5 Å². The summed E-state index contributed by atoms with van der Waals surface area (Å²) in [6.07, 6.45) is 0.794. The minimum atomic E-state index is -0.437.